The van der Waals surface area contributed by atoms with Gasteiger partial charge in [-0.3, -0.25) is 4.79 Å². The van der Waals surface area contributed by atoms with Crippen LogP contribution in [0.15, 0.2) is 40.2 Å². The fourth-order valence-corrected chi connectivity index (χ4v) is 3.69. The van der Waals surface area contributed by atoms with E-state index in [1.54, 1.807) is 11.3 Å². The Morgan fingerprint density at radius 3 is 3.05 bits per heavy atom. The molecular formula is C14H13BrN2OS. The number of hydrogen-bond acceptors (Lipinski definition) is 3. The molecule has 0 fully saturated rings. The van der Waals surface area contributed by atoms with Gasteiger partial charge in [-0.15, -0.1) is 11.3 Å². The second kappa shape index (κ2) is 5.35. The SMILES string of the molecule is O=C(NCc1sccc1Br)C1CNc2ccccc21. The van der Waals surface area contributed by atoms with Crippen LogP contribution < -0.4 is 10.6 Å². The fraction of sp³-hybridized carbons (Fsp3) is 0.214. The number of anilines is 1. The van der Waals surface area contributed by atoms with Crippen molar-refractivity contribution in [3.8, 4) is 0 Å². The highest BCUT2D eigenvalue weighted by Gasteiger charge is 2.27. The van der Waals surface area contributed by atoms with E-state index in [1.165, 1.54) is 0 Å². The summed E-state index contributed by atoms with van der Waals surface area (Å²) in [6.45, 7) is 1.26. The monoisotopic (exact) mass is 336 g/mol. The first kappa shape index (κ1) is 12.7. The van der Waals surface area contributed by atoms with E-state index in [-0.39, 0.29) is 11.8 Å². The Morgan fingerprint density at radius 2 is 2.26 bits per heavy atom. The number of hydrogen-bond donors (Lipinski definition) is 2. The number of thiophene rings is 1. The molecule has 1 unspecified atom stereocenters. The number of nitrogens with one attached hydrogen (secondary N) is 2. The van der Waals surface area contributed by atoms with Gasteiger partial charge in [0.15, 0.2) is 0 Å². The van der Waals surface area contributed by atoms with Crippen molar-refractivity contribution in [1.29, 1.82) is 0 Å². The maximum atomic E-state index is 12.3. The van der Waals surface area contributed by atoms with Crippen molar-refractivity contribution in [1.82, 2.24) is 5.32 Å². The van der Waals surface area contributed by atoms with Crippen molar-refractivity contribution in [3.05, 3.63) is 50.6 Å². The topological polar surface area (TPSA) is 41.1 Å². The molecule has 1 atom stereocenters. The Labute approximate surface area is 124 Å². The lowest BCUT2D eigenvalue weighted by atomic mass is 10.0. The van der Waals surface area contributed by atoms with E-state index in [9.17, 15) is 4.79 Å². The number of benzene rings is 1. The zero-order valence-electron chi connectivity index (χ0n) is 10.2. The summed E-state index contributed by atoms with van der Waals surface area (Å²) in [5.74, 6) is -0.00677. The van der Waals surface area contributed by atoms with E-state index < -0.39 is 0 Å². The summed E-state index contributed by atoms with van der Waals surface area (Å²) in [5, 5.41) is 8.29. The lowest BCUT2D eigenvalue weighted by Crippen LogP contribution is -2.29. The highest BCUT2D eigenvalue weighted by Crippen LogP contribution is 2.31. The van der Waals surface area contributed by atoms with E-state index >= 15 is 0 Å². The molecule has 19 heavy (non-hydrogen) atoms. The third-order valence-electron chi connectivity index (χ3n) is 3.26. The molecule has 3 rings (SSSR count). The molecule has 3 nitrogen and oxygen atoms in total. The number of carbonyl (C=O) groups is 1. The molecule has 0 saturated carbocycles. The van der Waals surface area contributed by atoms with Crippen molar-refractivity contribution >= 4 is 38.9 Å². The second-order valence-electron chi connectivity index (χ2n) is 4.43. The Hall–Kier alpha value is -1.33. The fourth-order valence-electron chi connectivity index (χ4n) is 2.26. The summed E-state index contributed by atoms with van der Waals surface area (Å²) in [7, 11) is 0. The summed E-state index contributed by atoms with van der Waals surface area (Å²) in [6.07, 6.45) is 0. The third-order valence-corrected chi connectivity index (χ3v) is 5.19. The maximum Gasteiger partial charge on any atom is 0.229 e. The highest BCUT2D eigenvalue weighted by molar-refractivity contribution is 9.10. The predicted molar refractivity (Wildman–Crippen MR) is 81.5 cm³/mol. The zero-order chi connectivity index (χ0) is 13.2. The van der Waals surface area contributed by atoms with E-state index in [0.717, 1.165) is 20.6 Å². The van der Waals surface area contributed by atoms with Crippen LogP contribution in [-0.2, 0) is 11.3 Å². The quantitative estimate of drug-likeness (QED) is 0.902. The number of amides is 1. The second-order valence-corrected chi connectivity index (χ2v) is 6.29. The van der Waals surface area contributed by atoms with Crippen molar-refractivity contribution in [2.24, 2.45) is 0 Å². The molecule has 2 aromatic rings. The molecule has 1 aromatic carbocycles. The van der Waals surface area contributed by atoms with Crippen LogP contribution in [0.4, 0.5) is 5.69 Å². The van der Waals surface area contributed by atoms with Crippen LogP contribution >= 0.6 is 27.3 Å². The minimum atomic E-state index is -0.0880. The smallest absolute Gasteiger partial charge is 0.229 e. The predicted octanol–water partition coefficient (Wildman–Crippen LogP) is 3.34. The van der Waals surface area contributed by atoms with Crippen molar-refractivity contribution in [3.63, 3.8) is 0 Å². The van der Waals surface area contributed by atoms with Crippen LogP contribution in [0.5, 0.6) is 0 Å². The Kier molecular flexibility index (Phi) is 3.57. The van der Waals surface area contributed by atoms with Gasteiger partial charge in [0.25, 0.3) is 0 Å². The third kappa shape index (κ3) is 2.53. The van der Waals surface area contributed by atoms with Gasteiger partial charge in [0.1, 0.15) is 0 Å². The van der Waals surface area contributed by atoms with Crippen LogP contribution in [0.3, 0.4) is 0 Å². The first-order valence-corrected chi connectivity index (χ1v) is 7.75. The van der Waals surface area contributed by atoms with Gasteiger partial charge in [0, 0.05) is 21.6 Å². The molecule has 0 bridgehead atoms. The van der Waals surface area contributed by atoms with Crippen LogP contribution in [0.2, 0.25) is 0 Å². The summed E-state index contributed by atoms with van der Waals surface area (Å²) in [6, 6.07) is 9.98. The molecule has 1 aromatic heterocycles. The average Bonchev–Trinajstić information content (AvgIpc) is 3.02. The standard InChI is InChI=1S/C14H13BrN2OS/c15-11-5-6-19-13(11)8-17-14(18)10-7-16-12-4-2-1-3-9(10)12/h1-6,10,16H,7-8H2,(H,17,18). The molecule has 0 radical (unpaired) electrons. The minimum Gasteiger partial charge on any atom is -0.384 e. The summed E-state index contributed by atoms with van der Waals surface area (Å²) in [5.41, 5.74) is 2.16. The highest BCUT2D eigenvalue weighted by atomic mass is 79.9. The van der Waals surface area contributed by atoms with Crippen LogP contribution in [-0.4, -0.2) is 12.5 Å². The number of carbonyl (C=O) groups excluding carboxylic acids is 1. The van der Waals surface area contributed by atoms with E-state index in [0.29, 0.717) is 13.1 Å². The van der Waals surface area contributed by atoms with Crippen molar-refractivity contribution in [2.45, 2.75) is 12.5 Å². The lowest BCUT2D eigenvalue weighted by molar-refractivity contribution is -0.122. The van der Waals surface area contributed by atoms with E-state index in [2.05, 4.69) is 26.6 Å². The summed E-state index contributed by atoms with van der Waals surface area (Å²) in [4.78, 5) is 13.4. The van der Waals surface area contributed by atoms with Gasteiger partial charge < -0.3 is 10.6 Å². The number of halogens is 1. The van der Waals surface area contributed by atoms with Crippen molar-refractivity contribution < 1.29 is 4.79 Å². The average molecular weight is 337 g/mol. The van der Waals surface area contributed by atoms with Crippen LogP contribution in [0.25, 0.3) is 0 Å². The Morgan fingerprint density at radius 1 is 1.42 bits per heavy atom. The number of fused-ring (bicyclic) bond motifs is 1. The molecule has 0 spiro atoms. The number of para-hydroxylation sites is 1. The first-order valence-electron chi connectivity index (χ1n) is 6.08. The first-order chi connectivity index (χ1) is 9.25. The van der Waals surface area contributed by atoms with E-state index in [1.807, 2.05) is 35.7 Å². The largest absolute Gasteiger partial charge is 0.384 e. The summed E-state index contributed by atoms with van der Waals surface area (Å²) >= 11 is 5.11. The van der Waals surface area contributed by atoms with Gasteiger partial charge in [-0.2, -0.15) is 0 Å². The van der Waals surface area contributed by atoms with Crippen molar-refractivity contribution in [2.75, 3.05) is 11.9 Å². The molecular weight excluding hydrogens is 324 g/mol. The summed E-state index contributed by atoms with van der Waals surface area (Å²) < 4.78 is 1.06. The Balaban J connectivity index is 1.68. The molecule has 1 aliphatic rings. The maximum absolute atomic E-state index is 12.3. The molecule has 2 heterocycles. The van der Waals surface area contributed by atoms with Gasteiger partial charge in [0.2, 0.25) is 5.91 Å². The minimum absolute atomic E-state index is 0.0813. The normalized spacial score (nSPS) is 16.8. The van der Waals surface area contributed by atoms with Crippen LogP contribution in [0.1, 0.15) is 16.4 Å². The molecule has 5 heteroatoms. The van der Waals surface area contributed by atoms with Gasteiger partial charge in [0.05, 0.1) is 12.5 Å². The molecule has 0 saturated heterocycles. The van der Waals surface area contributed by atoms with Gasteiger partial charge >= 0.3 is 0 Å². The zero-order valence-corrected chi connectivity index (χ0v) is 12.6. The lowest BCUT2D eigenvalue weighted by Gasteiger charge is -2.10. The van der Waals surface area contributed by atoms with Gasteiger partial charge in [-0.25, -0.2) is 0 Å². The Bertz CT molecular complexity index is 611. The molecule has 1 aliphatic heterocycles. The van der Waals surface area contributed by atoms with Gasteiger partial charge in [-0.05, 0) is 39.0 Å². The van der Waals surface area contributed by atoms with Gasteiger partial charge in [-0.1, -0.05) is 18.2 Å². The molecule has 0 aliphatic carbocycles. The molecule has 1 amide bonds. The van der Waals surface area contributed by atoms with E-state index in [4.69, 9.17) is 0 Å². The molecule has 2 N–H and O–H groups in total. The number of rotatable bonds is 3. The van der Waals surface area contributed by atoms with Crippen LogP contribution in [0, 0.1) is 0 Å². The molecule has 98 valence electrons.